The molecule has 2 amide bonds. The Balaban J connectivity index is 1.69. The van der Waals surface area contributed by atoms with Gasteiger partial charge in [-0.1, -0.05) is 68.4 Å². The average molecular weight is 611 g/mol. The second-order valence-electron chi connectivity index (χ2n) is 10.7. The molecule has 0 fully saturated rings. The van der Waals surface area contributed by atoms with Crippen LogP contribution in [-0.4, -0.2) is 68.7 Å². The number of amides is 2. The quantitative estimate of drug-likeness (QED) is 0.151. The third kappa shape index (κ3) is 9.54. The van der Waals surface area contributed by atoms with Crippen molar-refractivity contribution in [1.82, 2.24) is 14.9 Å². The molecule has 0 spiro atoms. The molecule has 10 nitrogen and oxygen atoms in total. The van der Waals surface area contributed by atoms with Crippen LogP contribution in [0.2, 0.25) is 0 Å². The van der Waals surface area contributed by atoms with Crippen LogP contribution in [0.1, 0.15) is 32.3 Å². The Labute approximate surface area is 254 Å². The number of nitrogens with one attached hydrogen (secondary N) is 2. The first-order chi connectivity index (χ1) is 20.6. The normalized spacial score (nSPS) is 13.0. The Kier molecular flexibility index (Phi) is 12.5. The molecule has 1 unspecified atom stereocenters. The lowest BCUT2D eigenvalue weighted by Crippen LogP contribution is -2.48. The van der Waals surface area contributed by atoms with Gasteiger partial charge in [0.15, 0.2) is 0 Å². The highest BCUT2D eigenvalue weighted by atomic mass is 32.2. The van der Waals surface area contributed by atoms with Crippen LogP contribution in [-0.2, 0) is 26.0 Å². The Morgan fingerprint density at radius 3 is 2.26 bits per heavy atom. The summed E-state index contributed by atoms with van der Waals surface area (Å²) in [4.78, 5) is 25.5. The fourth-order valence-corrected chi connectivity index (χ4v) is 6.62. The molecule has 3 aromatic carbocycles. The van der Waals surface area contributed by atoms with Crippen LogP contribution in [0.4, 0.5) is 10.5 Å². The number of benzene rings is 3. The summed E-state index contributed by atoms with van der Waals surface area (Å²) in [5.74, 6) is -0.386. The molecule has 0 heterocycles. The van der Waals surface area contributed by atoms with Gasteiger partial charge in [0.25, 0.3) is 0 Å². The monoisotopic (exact) mass is 610 g/mol. The van der Waals surface area contributed by atoms with Crippen molar-refractivity contribution in [1.29, 1.82) is 0 Å². The van der Waals surface area contributed by atoms with E-state index in [2.05, 4.69) is 10.6 Å². The molecule has 2 atom stereocenters. The number of ether oxygens (including phenoxy) is 1. The molecule has 0 aliphatic rings. The molecule has 3 rings (SSSR count). The largest absolute Gasteiger partial charge is 0.453 e. The van der Waals surface area contributed by atoms with Crippen LogP contribution < -0.4 is 16.4 Å². The van der Waals surface area contributed by atoms with Crippen molar-refractivity contribution < 1.29 is 27.9 Å². The Morgan fingerprint density at radius 1 is 0.977 bits per heavy atom. The Bertz CT molecular complexity index is 1430. The summed E-state index contributed by atoms with van der Waals surface area (Å²) in [5, 5.41) is 15.7. The number of alkyl carbamates (subject to hydrolysis) is 1. The highest BCUT2D eigenvalue weighted by Gasteiger charge is 2.31. The molecule has 5 N–H and O–H groups in total. The fraction of sp³-hybridized carbons (Fsp3) is 0.375. The SMILES string of the molecule is COC(=O)N[C@@H](Cc1ccccc1-c1ccccc1)C(=O)NCCCC(CO)N(CC(C)C)S(=O)(=O)c1ccc(N)cc1. The zero-order chi connectivity index (χ0) is 31.4. The molecule has 0 saturated carbocycles. The maximum absolute atomic E-state index is 13.5. The van der Waals surface area contributed by atoms with Crippen molar-refractivity contribution in [2.45, 2.75) is 50.1 Å². The number of anilines is 1. The molecule has 232 valence electrons. The number of nitrogens with two attached hydrogens (primary N) is 1. The lowest BCUT2D eigenvalue weighted by Gasteiger charge is -2.31. The molecule has 0 bridgehead atoms. The fourth-order valence-electron chi connectivity index (χ4n) is 4.81. The molecule has 0 aliphatic carbocycles. The van der Waals surface area contributed by atoms with Crippen molar-refractivity contribution in [2.75, 3.05) is 32.5 Å². The molecule has 0 aliphatic heterocycles. The Hall–Kier alpha value is -3.93. The molecule has 43 heavy (non-hydrogen) atoms. The van der Waals surface area contributed by atoms with E-state index < -0.39 is 34.1 Å². The van der Waals surface area contributed by atoms with Crippen molar-refractivity contribution in [2.24, 2.45) is 5.92 Å². The van der Waals surface area contributed by atoms with Gasteiger partial charge in [-0.15, -0.1) is 0 Å². The molecule has 0 radical (unpaired) electrons. The summed E-state index contributed by atoms with van der Waals surface area (Å²) in [5.41, 5.74) is 9.01. The van der Waals surface area contributed by atoms with E-state index in [0.29, 0.717) is 18.5 Å². The van der Waals surface area contributed by atoms with Crippen LogP contribution in [0.25, 0.3) is 11.1 Å². The molecule has 11 heteroatoms. The van der Waals surface area contributed by atoms with Crippen molar-refractivity contribution in [3.05, 3.63) is 84.4 Å². The van der Waals surface area contributed by atoms with E-state index in [0.717, 1.165) is 16.7 Å². The number of aliphatic hydroxyl groups excluding tert-OH is 1. The summed E-state index contributed by atoms with van der Waals surface area (Å²) in [6, 6.07) is 21.8. The zero-order valence-electron chi connectivity index (χ0n) is 24.9. The third-order valence-electron chi connectivity index (χ3n) is 6.98. The number of carbonyl (C=O) groups is 2. The summed E-state index contributed by atoms with van der Waals surface area (Å²) in [6.45, 7) is 3.87. The zero-order valence-corrected chi connectivity index (χ0v) is 25.7. The number of hydrogen-bond acceptors (Lipinski definition) is 7. The van der Waals surface area contributed by atoms with Gasteiger partial charge in [0, 0.05) is 31.2 Å². The third-order valence-corrected chi connectivity index (χ3v) is 8.92. The van der Waals surface area contributed by atoms with E-state index in [9.17, 15) is 23.1 Å². The average Bonchev–Trinajstić information content (AvgIpc) is 3.00. The number of hydrogen-bond donors (Lipinski definition) is 4. The second-order valence-corrected chi connectivity index (χ2v) is 12.6. The minimum atomic E-state index is -3.90. The highest BCUT2D eigenvalue weighted by Crippen LogP contribution is 2.25. The van der Waals surface area contributed by atoms with Crippen molar-refractivity contribution in [3.8, 4) is 11.1 Å². The first kappa shape index (κ1) is 33.6. The molecule has 0 saturated heterocycles. The lowest BCUT2D eigenvalue weighted by atomic mass is 9.95. The van der Waals surface area contributed by atoms with Crippen LogP contribution in [0.5, 0.6) is 0 Å². The number of nitrogen functional groups attached to an aromatic ring is 1. The summed E-state index contributed by atoms with van der Waals surface area (Å²) in [6.07, 6.45) is 0.209. The minimum Gasteiger partial charge on any atom is -0.453 e. The Morgan fingerprint density at radius 2 is 1.63 bits per heavy atom. The highest BCUT2D eigenvalue weighted by molar-refractivity contribution is 7.89. The maximum Gasteiger partial charge on any atom is 0.407 e. The van der Waals surface area contributed by atoms with Gasteiger partial charge in [-0.05, 0) is 59.7 Å². The summed E-state index contributed by atoms with van der Waals surface area (Å²) in [7, 11) is -2.67. The number of methoxy groups -OCH3 is 1. The maximum atomic E-state index is 13.5. The lowest BCUT2D eigenvalue weighted by molar-refractivity contribution is -0.123. The van der Waals surface area contributed by atoms with E-state index in [1.165, 1.54) is 35.7 Å². The summed E-state index contributed by atoms with van der Waals surface area (Å²) < 4.78 is 33.1. The molecular formula is C32H42N4O6S. The second kappa shape index (κ2) is 16.1. The van der Waals surface area contributed by atoms with Gasteiger partial charge < -0.3 is 26.2 Å². The number of nitrogens with zero attached hydrogens (tertiary/aromatic N) is 1. The van der Waals surface area contributed by atoms with E-state index in [1.54, 1.807) is 0 Å². The minimum absolute atomic E-state index is 0.0150. The van der Waals surface area contributed by atoms with Gasteiger partial charge in [0.2, 0.25) is 15.9 Å². The van der Waals surface area contributed by atoms with E-state index >= 15 is 0 Å². The summed E-state index contributed by atoms with van der Waals surface area (Å²) >= 11 is 0. The van der Waals surface area contributed by atoms with Crippen LogP contribution in [0, 0.1) is 5.92 Å². The van der Waals surface area contributed by atoms with Gasteiger partial charge in [0.05, 0.1) is 18.6 Å². The topological polar surface area (TPSA) is 151 Å². The standard InChI is InChI=1S/C32H42N4O6S/c1-23(2)21-36(43(40,41)28-17-15-26(33)16-18-28)27(22-37)13-9-19-34-31(38)30(35-32(39)42-3)20-25-12-7-8-14-29(25)24-10-5-4-6-11-24/h4-8,10-12,14-18,23,27,30,37H,9,13,19-22,33H2,1-3H3,(H,34,38)(H,35,39)/t27?,30-/m0/s1. The van der Waals surface area contributed by atoms with Crippen LogP contribution in [0.15, 0.2) is 83.8 Å². The predicted molar refractivity (Wildman–Crippen MR) is 168 cm³/mol. The van der Waals surface area contributed by atoms with Gasteiger partial charge in [-0.3, -0.25) is 4.79 Å². The van der Waals surface area contributed by atoms with E-state index in [4.69, 9.17) is 10.5 Å². The first-order valence-electron chi connectivity index (χ1n) is 14.3. The smallest absolute Gasteiger partial charge is 0.407 e. The van der Waals surface area contributed by atoms with E-state index in [-0.39, 0.29) is 36.9 Å². The van der Waals surface area contributed by atoms with Gasteiger partial charge in [0.1, 0.15) is 6.04 Å². The van der Waals surface area contributed by atoms with E-state index in [1.807, 2.05) is 68.4 Å². The van der Waals surface area contributed by atoms with Crippen molar-refractivity contribution in [3.63, 3.8) is 0 Å². The van der Waals surface area contributed by atoms with Gasteiger partial charge in [-0.25, -0.2) is 13.2 Å². The number of carbonyl (C=O) groups excluding carboxylic acids is 2. The first-order valence-corrected chi connectivity index (χ1v) is 15.7. The van der Waals surface area contributed by atoms with Gasteiger partial charge >= 0.3 is 6.09 Å². The molecule has 0 aromatic heterocycles. The molecular weight excluding hydrogens is 568 g/mol. The number of rotatable bonds is 15. The van der Waals surface area contributed by atoms with Crippen LogP contribution in [0.3, 0.4) is 0 Å². The van der Waals surface area contributed by atoms with Crippen molar-refractivity contribution >= 4 is 27.7 Å². The predicted octanol–water partition coefficient (Wildman–Crippen LogP) is 3.81. The van der Waals surface area contributed by atoms with Crippen LogP contribution >= 0.6 is 0 Å². The molecule has 3 aromatic rings. The van der Waals surface area contributed by atoms with Gasteiger partial charge in [-0.2, -0.15) is 4.31 Å². The number of sulfonamides is 1. The number of aliphatic hydroxyl groups is 1.